The second-order valence-electron chi connectivity index (χ2n) is 5.90. The fraction of sp³-hybridized carbons (Fsp3) is 0.562. The number of ether oxygens (including phenoxy) is 2. The number of hydrogen-bond donors (Lipinski definition) is 2. The zero-order valence-electron chi connectivity index (χ0n) is 13.0. The van der Waals surface area contributed by atoms with Crippen molar-refractivity contribution in [3.63, 3.8) is 0 Å². The quantitative estimate of drug-likeness (QED) is 0.871. The maximum absolute atomic E-state index is 12.3. The van der Waals surface area contributed by atoms with Crippen LogP contribution in [0.15, 0.2) is 18.2 Å². The van der Waals surface area contributed by atoms with E-state index in [4.69, 9.17) is 9.47 Å². The molecule has 0 radical (unpaired) electrons. The normalized spacial score (nSPS) is 23.1. The van der Waals surface area contributed by atoms with Gasteiger partial charge in [-0.2, -0.15) is 0 Å². The number of rotatable bonds is 5. The van der Waals surface area contributed by atoms with Gasteiger partial charge in [-0.3, -0.25) is 4.79 Å². The van der Waals surface area contributed by atoms with Gasteiger partial charge in [-0.25, -0.2) is 0 Å². The lowest BCUT2D eigenvalue weighted by atomic mass is 9.64. The molecule has 0 saturated heterocycles. The molecule has 1 aliphatic carbocycles. The van der Waals surface area contributed by atoms with E-state index in [1.807, 2.05) is 20.8 Å². The first kappa shape index (κ1) is 15.6. The summed E-state index contributed by atoms with van der Waals surface area (Å²) in [6.45, 7) is 6.33. The third-order valence-corrected chi connectivity index (χ3v) is 4.25. The van der Waals surface area contributed by atoms with Crippen molar-refractivity contribution in [3.05, 3.63) is 23.8 Å². The van der Waals surface area contributed by atoms with Crippen LogP contribution in [0.25, 0.3) is 0 Å². The van der Waals surface area contributed by atoms with Crippen molar-refractivity contribution in [2.24, 2.45) is 5.41 Å². The van der Waals surface area contributed by atoms with Crippen molar-refractivity contribution < 1.29 is 19.4 Å². The highest BCUT2D eigenvalue weighted by molar-refractivity contribution is 5.95. The molecular weight excluding hydrogens is 270 g/mol. The second-order valence-corrected chi connectivity index (χ2v) is 5.90. The summed E-state index contributed by atoms with van der Waals surface area (Å²) in [6, 6.07) is 5.10. The number of nitrogens with one attached hydrogen (secondary N) is 1. The Morgan fingerprint density at radius 1 is 1.43 bits per heavy atom. The van der Waals surface area contributed by atoms with Crippen LogP contribution in [0.4, 0.5) is 0 Å². The van der Waals surface area contributed by atoms with Crippen LogP contribution in [-0.4, -0.2) is 36.9 Å². The summed E-state index contributed by atoms with van der Waals surface area (Å²) >= 11 is 0. The van der Waals surface area contributed by atoms with Crippen molar-refractivity contribution in [1.29, 1.82) is 0 Å². The number of aliphatic hydroxyl groups excluding tert-OH is 1. The van der Waals surface area contributed by atoms with E-state index in [-0.39, 0.29) is 23.5 Å². The lowest BCUT2D eigenvalue weighted by Crippen LogP contribution is -2.61. The first-order valence-corrected chi connectivity index (χ1v) is 7.20. The van der Waals surface area contributed by atoms with E-state index in [9.17, 15) is 9.90 Å². The Bertz CT molecular complexity index is 527. The molecule has 5 heteroatoms. The molecule has 2 atom stereocenters. The molecule has 0 bridgehead atoms. The first-order valence-electron chi connectivity index (χ1n) is 7.20. The van der Waals surface area contributed by atoms with Crippen LogP contribution in [0, 0.1) is 5.41 Å². The van der Waals surface area contributed by atoms with E-state index in [1.165, 1.54) is 0 Å². The van der Waals surface area contributed by atoms with Gasteiger partial charge in [0, 0.05) is 17.0 Å². The van der Waals surface area contributed by atoms with E-state index < -0.39 is 0 Å². The fourth-order valence-corrected chi connectivity index (χ4v) is 2.47. The smallest absolute Gasteiger partial charge is 0.251 e. The lowest BCUT2D eigenvalue weighted by Gasteiger charge is -2.49. The SMILES string of the molecule is CCOc1ccc(C(=O)NC2CC(O)C2(C)C)cc1OC. The zero-order chi connectivity index (χ0) is 15.6. The van der Waals surface area contributed by atoms with Crippen LogP contribution in [0.2, 0.25) is 0 Å². The van der Waals surface area contributed by atoms with Gasteiger partial charge in [0.15, 0.2) is 11.5 Å². The fourth-order valence-electron chi connectivity index (χ4n) is 2.47. The summed E-state index contributed by atoms with van der Waals surface area (Å²) in [7, 11) is 1.55. The van der Waals surface area contributed by atoms with E-state index in [2.05, 4.69) is 5.32 Å². The Hall–Kier alpha value is -1.75. The van der Waals surface area contributed by atoms with Crippen LogP contribution in [-0.2, 0) is 0 Å². The largest absolute Gasteiger partial charge is 0.493 e. The summed E-state index contributed by atoms with van der Waals surface area (Å²) in [5, 5.41) is 12.7. The molecule has 1 amide bonds. The van der Waals surface area contributed by atoms with Crippen molar-refractivity contribution in [2.45, 2.75) is 39.3 Å². The van der Waals surface area contributed by atoms with Gasteiger partial charge < -0.3 is 19.9 Å². The van der Waals surface area contributed by atoms with Gasteiger partial charge in [0.25, 0.3) is 5.91 Å². The molecule has 0 aliphatic heterocycles. The van der Waals surface area contributed by atoms with Crippen LogP contribution in [0.3, 0.4) is 0 Å². The molecular formula is C16H23NO4. The topological polar surface area (TPSA) is 67.8 Å². The Morgan fingerprint density at radius 3 is 2.67 bits per heavy atom. The van der Waals surface area contributed by atoms with Crippen LogP contribution < -0.4 is 14.8 Å². The maximum atomic E-state index is 12.3. The molecule has 5 nitrogen and oxygen atoms in total. The molecule has 1 saturated carbocycles. The van der Waals surface area contributed by atoms with E-state index in [1.54, 1.807) is 25.3 Å². The predicted molar refractivity (Wildman–Crippen MR) is 79.8 cm³/mol. The van der Waals surface area contributed by atoms with E-state index in [0.717, 1.165) is 0 Å². The molecule has 1 aromatic carbocycles. The maximum Gasteiger partial charge on any atom is 0.251 e. The van der Waals surface area contributed by atoms with Crippen molar-refractivity contribution in [1.82, 2.24) is 5.32 Å². The molecule has 0 spiro atoms. The third-order valence-electron chi connectivity index (χ3n) is 4.25. The summed E-state index contributed by atoms with van der Waals surface area (Å²) in [6.07, 6.45) is 0.227. The van der Waals surface area contributed by atoms with Gasteiger partial charge in [0.2, 0.25) is 0 Å². The van der Waals surface area contributed by atoms with Gasteiger partial charge in [0.05, 0.1) is 19.8 Å². The molecule has 1 fully saturated rings. The van der Waals surface area contributed by atoms with Crippen molar-refractivity contribution >= 4 is 5.91 Å². The number of carbonyl (C=O) groups excluding carboxylic acids is 1. The summed E-state index contributed by atoms with van der Waals surface area (Å²) < 4.78 is 10.7. The molecule has 21 heavy (non-hydrogen) atoms. The number of carbonyl (C=O) groups is 1. The number of hydrogen-bond acceptors (Lipinski definition) is 4. The average Bonchev–Trinajstić information content (AvgIpc) is 2.47. The highest BCUT2D eigenvalue weighted by Crippen LogP contribution is 2.40. The van der Waals surface area contributed by atoms with Gasteiger partial charge >= 0.3 is 0 Å². The van der Waals surface area contributed by atoms with Crippen molar-refractivity contribution in [2.75, 3.05) is 13.7 Å². The molecule has 2 unspecified atom stereocenters. The minimum absolute atomic E-state index is 0.0161. The van der Waals surface area contributed by atoms with E-state index >= 15 is 0 Å². The van der Waals surface area contributed by atoms with Gasteiger partial charge in [-0.1, -0.05) is 13.8 Å². The Kier molecular flexibility index (Phi) is 4.42. The van der Waals surface area contributed by atoms with Gasteiger partial charge in [0.1, 0.15) is 0 Å². The van der Waals surface area contributed by atoms with Crippen LogP contribution >= 0.6 is 0 Å². The molecule has 2 rings (SSSR count). The number of amides is 1. The lowest BCUT2D eigenvalue weighted by molar-refractivity contribution is -0.0689. The predicted octanol–water partition coefficient (Wildman–Crippen LogP) is 1.98. The molecule has 1 aliphatic rings. The third kappa shape index (κ3) is 2.97. The monoisotopic (exact) mass is 293 g/mol. The standard InChI is InChI=1S/C16H23NO4/c1-5-21-11-7-6-10(8-12(11)20-4)15(19)17-13-9-14(18)16(13,2)3/h6-8,13-14,18H,5,9H2,1-4H3,(H,17,19). The molecule has 2 N–H and O–H groups in total. The summed E-state index contributed by atoms with van der Waals surface area (Å²) in [4.78, 5) is 12.3. The average molecular weight is 293 g/mol. The Balaban J connectivity index is 2.09. The highest BCUT2D eigenvalue weighted by atomic mass is 16.5. The van der Waals surface area contributed by atoms with Crippen LogP contribution in [0.5, 0.6) is 11.5 Å². The first-order chi connectivity index (χ1) is 9.90. The zero-order valence-corrected chi connectivity index (χ0v) is 13.0. The van der Waals surface area contributed by atoms with E-state index in [0.29, 0.717) is 30.1 Å². The second kappa shape index (κ2) is 5.93. The summed E-state index contributed by atoms with van der Waals surface area (Å²) in [5.41, 5.74) is 0.234. The Labute approximate surface area is 125 Å². The van der Waals surface area contributed by atoms with Crippen molar-refractivity contribution in [3.8, 4) is 11.5 Å². The molecule has 1 aromatic rings. The number of aliphatic hydroxyl groups is 1. The number of benzene rings is 1. The number of methoxy groups -OCH3 is 1. The van der Waals surface area contributed by atoms with Gasteiger partial charge in [-0.15, -0.1) is 0 Å². The molecule has 116 valence electrons. The Morgan fingerprint density at radius 2 is 2.14 bits per heavy atom. The summed E-state index contributed by atoms with van der Waals surface area (Å²) in [5.74, 6) is 0.995. The molecule has 0 aromatic heterocycles. The minimum atomic E-state index is -0.363. The molecule has 0 heterocycles. The van der Waals surface area contributed by atoms with Gasteiger partial charge in [-0.05, 0) is 31.5 Å². The highest BCUT2D eigenvalue weighted by Gasteiger charge is 2.47. The van der Waals surface area contributed by atoms with Crippen LogP contribution in [0.1, 0.15) is 37.6 Å². The minimum Gasteiger partial charge on any atom is -0.493 e.